The van der Waals surface area contributed by atoms with Gasteiger partial charge >= 0.3 is 0 Å². The second-order valence-corrected chi connectivity index (χ2v) is 4.77. The first-order chi connectivity index (χ1) is 9.16. The van der Waals surface area contributed by atoms with Crippen LogP contribution >= 0.6 is 0 Å². The molecule has 2 rings (SSSR count). The number of likely N-dealkylation sites (tertiary alicyclic amines) is 1. The molecule has 1 aromatic rings. The fourth-order valence-electron chi connectivity index (χ4n) is 2.26. The summed E-state index contributed by atoms with van der Waals surface area (Å²) in [5, 5.41) is 2.71. The SMILES string of the molecule is Fc1cc(F)c(NCCN2CCCCCC2)nc1F. The van der Waals surface area contributed by atoms with Crippen molar-refractivity contribution in [1.29, 1.82) is 0 Å². The Hall–Kier alpha value is -1.30. The topological polar surface area (TPSA) is 28.2 Å². The first-order valence-corrected chi connectivity index (χ1v) is 6.64. The zero-order chi connectivity index (χ0) is 13.7. The quantitative estimate of drug-likeness (QED) is 0.855. The average molecular weight is 273 g/mol. The van der Waals surface area contributed by atoms with Crippen molar-refractivity contribution in [3.05, 3.63) is 23.6 Å². The summed E-state index contributed by atoms with van der Waals surface area (Å²) in [4.78, 5) is 5.52. The summed E-state index contributed by atoms with van der Waals surface area (Å²) in [7, 11) is 0. The summed E-state index contributed by atoms with van der Waals surface area (Å²) in [5.41, 5.74) is 0. The normalized spacial score (nSPS) is 17.2. The molecule has 1 fully saturated rings. The largest absolute Gasteiger partial charge is 0.366 e. The number of nitrogens with one attached hydrogen (secondary N) is 1. The number of rotatable bonds is 4. The van der Waals surface area contributed by atoms with Crippen molar-refractivity contribution in [3.8, 4) is 0 Å². The maximum atomic E-state index is 13.3. The van der Waals surface area contributed by atoms with E-state index in [1.165, 1.54) is 25.7 Å². The molecule has 0 aromatic carbocycles. The minimum absolute atomic E-state index is 0.228. The maximum absolute atomic E-state index is 13.3. The third-order valence-corrected chi connectivity index (χ3v) is 3.31. The van der Waals surface area contributed by atoms with Gasteiger partial charge in [-0.25, -0.2) is 8.78 Å². The van der Waals surface area contributed by atoms with Gasteiger partial charge in [0.2, 0.25) is 0 Å². The molecule has 1 aliphatic rings. The number of nitrogens with zero attached hydrogens (tertiary/aromatic N) is 2. The zero-order valence-corrected chi connectivity index (χ0v) is 10.8. The Labute approximate surface area is 110 Å². The predicted molar refractivity (Wildman–Crippen MR) is 67.5 cm³/mol. The van der Waals surface area contributed by atoms with Crippen LogP contribution in [0.4, 0.5) is 19.0 Å². The van der Waals surface area contributed by atoms with E-state index in [2.05, 4.69) is 15.2 Å². The van der Waals surface area contributed by atoms with Crippen LogP contribution in [0.3, 0.4) is 0 Å². The number of pyridine rings is 1. The highest BCUT2D eigenvalue weighted by Crippen LogP contribution is 2.14. The molecule has 0 unspecified atom stereocenters. The minimum atomic E-state index is -1.28. The predicted octanol–water partition coefficient (Wildman–Crippen LogP) is 2.79. The molecule has 19 heavy (non-hydrogen) atoms. The van der Waals surface area contributed by atoms with E-state index in [0.717, 1.165) is 19.6 Å². The van der Waals surface area contributed by atoms with Crippen LogP contribution in [0.25, 0.3) is 0 Å². The third kappa shape index (κ3) is 4.09. The van der Waals surface area contributed by atoms with Crippen molar-refractivity contribution in [2.24, 2.45) is 0 Å². The van der Waals surface area contributed by atoms with Gasteiger partial charge in [-0.15, -0.1) is 0 Å². The zero-order valence-electron chi connectivity index (χ0n) is 10.8. The summed E-state index contributed by atoms with van der Waals surface area (Å²) in [6.45, 7) is 3.29. The molecule has 0 saturated carbocycles. The second-order valence-electron chi connectivity index (χ2n) is 4.77. The van der Waals surface area contributed by atoms with Gasteiger partial charge in [-0.05, 0) is 25.9 Å². The number of hydrogen-bond acceptors (Lipinski definition) is 3. The van der Waals surface area contributed by atoms with Crippen LogP contribution in [0, 0.1) is 17.6 Å². The van der Waals surface area contributed by atoms with Crippen LogP contribution in [-0.4, -0.2) is 36.1 Å². The lowest BCUT2D eigenvalue weighted by Gasteiger charge is -2.19. The number of halogens is 3. The lowest BCUT2D eigenvalue weighted by molar-refractivity contribution is 0.296. The fourth-order valence-corrected chi connectivity index (χ4v) is 2.26. The molecule has 2 heterocycles. The van der Waals surface area contributed by atoms with E-state index in [1.54, 1.807) is 0 Å². The highest BCUT2D eigenvalue weighted by molar-refractivity contribution is 5.36. The molecule has 0 amide bonds. The fraction of sp³-hybridized carbons (Fsp3) is 0.615. The summed E-state index contributed by atoms with van der Waals surface area (Å²) in [5.74, 6) is -3.64. The molecule has 0 radical (unpaired) electrons. The van der Waals surface area contributed by atoms with Crippen molar-refractivity contribution in [1.82, 2.24) is 9.88 Å². The van der Waals surface area contributed by atoms with Gasteiger partial charge < -0.3 is 10.2 Å². The van der Waals surface area contributed by atoms with E-state index in [9.17, 15) is 13.2 Å². The molecule has 0 atom stereocenters. The molecule has 106 valence electrons. The van der Waals surface area contributed by atoms with Gasteiger partial charge in [0.05, 0.1) is 0 Å². The minimum Gasteiger partial charge on any atom is -0.366 e. The van der Waals surface area contributed by atoms with Crippen molar-refractivity contribution < 1.29 is 13.2 Å². The molecule has 1 N–H and O–H groups in total. The smallest absolute Gasteiger partial charge is 0.251 e. The molecular weight excluding hydrogens is 255 g/mol. The summed E-state index contributed by atoms with van der Waals surface area (Å²) in [6, 6.07) is 0.511. The maximum Gasteiger partial charge on any atom is 0.251 e. The lowest BCUT2D eigenvalue weighted by atomic mass is 10.2. The van der Waals surface area contributed by atoms with E-state index in [1.807, 2.05) is 0 Å². The van der Waals surface area contributed by atoms with Gasteiger partial charge in [0.25, 0.3) is 5.95 Å². The van der Waals surface area contributed by atoms with Crippen LogP contribution in [-0.2, 0) is 0 Å². The van der Waals surface area contributed by atoms with Gasteiger partial charge in [-0.1, -0.05) is 12.8 Å². The van der Waals surface area contributed by atoms with E-state index in [-0.39, 0.29) is 5.82 Å². The van der Waals surface area contributed by atoms with Gasteiger partial charge in [-0.2, -0.15) is 9.37 Å². The Morgan fingerprint density at radius 2 is 1.74 bits per heavy atom. The first kappa shape index (κ1) is 14.1. The van der Waals surface area contributed by atoms with Crippen LogP contribution in [0.1, 0.15) is 25.7 Å². The highest BCUT2D eigenvalue weighted by Gasteiger charge is 2.12. The van der Waals surface area contributed by atoms with Gasteiger partial charge in [0.15, 0.2) is 17.5 Å². The van der Waals surface area contributed by atoms with Crippen molar-refractivity contribution in [2.45, 2.75) is 25.7 Å². The third-order valence-electron chi connectivity index (χ3n) is 3.31. The molecule has 0 bridgehead atoms. The Kier molecular flexibility index (Phi) is 5.01. The highest BCUT2D eigenvalue weighted by atomic mass is 19.2. The Bertz CT molecular complexity index is 418. The van der Waals surface area contributed by atoms with Crippen LogP contribution < -0.4 is 5.32 Å². The molecule has 1 aromatic heterocycles. The molecule has 0 aliphatic carbocycles. The summed E-state index contributed by atoms with van der Waals surface area (Å²) >= 11 is 0. The average Bonchev–Trinajstić information content (AvgIpc) is 2.64. The number of hydrogen-bond donors (Lipinski definition) is 1. The molecule has 0 spiro atoms. The van der Waals surface area contributed by atoms with Crippen LogP contribution in [0.2, 0.25) is 0 Å². The van der Waals surface area contributed by atoms with Crippen molar-refractivity contribution >= 4 is 5.82 Å². The van der Waals surface area contributed by atoms with E-state index >= 15 is 0 Å². The molecule has 1 saturated heterocycles. The van der Waals surface area contributed by atoms with Gasteiger partial charge in [0.1, 0.15) is 0 Å². The van der Waals surface area contributed by atoms with E-state index < -0.39 is 17.6 Å². The van der Waals surface area contributed by atoms with Crippen molar-refractivity contribution in [3.63, 3.8) is 0 Å². The Balaban J connectivity index is 1.83. The monoisotopic (exact) mass is 273 g/mol. The Morgan fingerprint density at radius 1 is 1.05 bits per heavy atom. The second kappa shape index (κ2) is 6.75. The van der Waals surface area contributed by atoms with Gasteiger partial charge in [0, 0.05) is 19.2 Å². The van der Waals surface area contributed by atoms with E-state index in [4.69, 9.17) is 0 Å². The van der Waals surface area contributed by atoms with Crippen LogP contribution in [0.15, 0.2) is 6.07 Å². The number of aromatic nitrogens is 1. The molecule has 6 heteroatoms. The molecular formula is C13H18F3N3. The standard InChI is InChI=1S/C13H18F3N3/c14-10-9-11(15)13(18-12(10)16)17-5-8-19-6-3-1-2-4-7-19/h9H,1-8H2,(H,17,18). The first-order valence-electron chi connectivity index (χ1n) is 6.64. The summed E-state index contributed by atoms with van der Waals surface area (Å²) in [6.07, 6.45) is 4.86. The van der Waals surface area contributed by atoms with Crippen molar-refractivity contribution in [2.75, 3.05) is 31.5 Å². The molecule has 3 nitrogen and oxygen atoms in total. The summed E-state index contributed by atoms with van der Waals surface area (Å²) < 4.78 is 38.9. The number of anilines is 1. The molecule has 1 aliphatic heterocycles. The lowest BCUT2D eigenvalue weighted by Crippen LogP contribution is -2.30. The Morgan fingerprint density at radius 3 is 2.42 bits per heavy atom. The van der Waals surface area contributed by atoms with E-state index in [0.29, 0.717) is 12.6 Å². The van der Waals surface area contributed by atoms with Crippen LogP contribution in [0.5, 0.6) is 0 Å². The van der Waals surface area contributed by atoms with Gasteiger partial charge in [-0.3, -0.25) is 0 Å².